The van der Waals surface area contributed by atoms with Gasteiger partial charge in [0.05, 0.1) is 6.26 Å². The lowest BCUT2D eigenvalue weighted by Crippen LogP contribution is -2.15. The summed E-state index contributed by atoms with van der Waals surface area (Å²) in [5, 5.41) is 0. The van der Waals surface area contributed by atoms with Crippen molar-refractivity contribution in [3.63, 3.8) is 0 Å². The fraction of sp³-hybridized carbons (Fsp3) is 0.286. The van der Waals surface area contributed by atoms with Crippen molar-refractivity contribution >= 4 is 0 Å². The van der Waals surface area contributed by atoms with E-state index in [1.54, 1.807) is 18.4 Å². The van der Waals surface area contributed by atoms with Crippen LogP contribution >= 0.6 is 0 Å². The molecule has 1 aromatic heterocycles. The maximum atomic E-state index is 13.5. The summed E-state index contributed by atoms with van der Waals surface area (Å²) in [5.41, 5.74) is 7.15. The molecule has 0 spiro atoms. The van der Waals surface area contributed by atoms with Gasteiger partial charge >= 0.3 is 0 Å². The zero-order chi connectivity index (χ0) is 13.1. The van der Waals surface area contributed by atoms with Gasteiger partial charge in [0.1, 0.15) is 5.76 Å². The molecule has 0 radical (unpaired) electrons. The van der Waals surface area contributed by atoms with Crippen LogP contribution in [0.3, 0.4) is 0 Å². The van der Waals surface area contributed by atoms with Crippen LogP contribution in [0.5, 0.6) is 0 Å². The number of furan rings is 1. The van der Waals surface area contributed by atoms with Crippen LogP contribution in [0.15, 0.2) is 34.9 Å². The van der Waals surface area contributed by atoms with Gasteiger partial charge in [0.25, 0.3) is 0 Å². The Morgan fingerprint density at radius 1 is 1.28 bits per heavy atom. The quantitative estimate of drug-likeness (QED) is 0.904. The van der Waals surface area contributed by atoms with Gasteiger partial charge in [-0.05, 0) is 24.1 Å². The molecule has 1 heterocycles. The molecule has 0 aliphatic carbocycles. The Kier molecular flexibility index (Phi) is 3.77. The van der Waals surface area contributed by atoms with E-state index in [9.17, 15) is 8.78 Å². The van der Waals surface area contributed by atoms with Crippen LogP contribution in [-0.2, 0) is 12.8 Å². The summed E-state index contributed by atoms with van der Waals surface area (Å²) in [6.45, 7) is 1.96. The van der Waals surface area contributed by atoms with E-state index in [-0.39, 0.29) is 12.0 Å². The number of nitrogens with two attached hydrogens (primary N) is 1. The minimum atomic E-state index is -0.845. The Bertz CT molecular complexity index is 536. The fourth-order valence-electron chi connectivity index (χ4n) is 2.02. The second-order valence-electron chi connectivity index (χ2n) is 4.18. The molecule has 0 amide bonds. The molecule has 0 aliphatic rings. The van der Waals surface area contributed by atoms with Crippen molar-refractivity contribution in [3.05, 3.63) is 59.1 Å². The fourth-order valence-corrected chi connectivity index (χ4v) is 2.02. The number of hydrogen-bond acceptors (Lipinski definition) is 2. The lowest BCUT2D eigenvalue weighted by molar-refractivity contribution is 0.489. The number of halogens is 2. The molecule has 2 rings (SSSR count). The second-order valence-corrected chi connectivity index (χ2v) is 4.18. The van der Waals surface area contributed by atoms with E-state index in [4.69, 9.17) is 10.2 Å². The SMILES string of the molecule is CCc1occc1C(N)Cc1cccc(F)c1F. The molecule has 2 aromatic rings. The van der Waals surface area contributed by atoms with Crippen molar-refractivity contribution in [2.75, 3.05) is 0 Å². The van der Waals surface area contributed by atoms with E-state index in [1.807, 2.05) is 6.92 Å². The van der Waals surface area contributed by atoms with Gasteiger partial charge in [0.15, 0.2) is 11.6 Å². The molecule has 2 nitrogen and oxygen atoms in total. The minimum absolute atomic E-state index is 0.246. The molecule has 1 aromatic carbocycles. The maximum absolute atomic E-state index is 13.5. The standard InChI is InChI=1S/C14H15F2NO/c1-2-13-10(6-7-18-13)12(17)8-9-4-3-5-11(15)14(9)16/h3-7,12H,2,8,17H2,1H3. The average molecular weight is 251 g/mol. The van der Waals surface area contributed by atoms with E-state index < -0.39 is 17.7 Å². The van der Waals surface area contributed by atoms with E-state index in [0.29, 0.717) is 0 Å². The molecule has 96 valence electrons. The van der Waals surface area contributed by atoms with Crippen molar-refractivity contribution in [1.29, 1.82) is 0 Å². The highest BCUT2D eigenvalue weighted by molar-refractivity contribution is 5.26. The summed E-state index contributed by atoms with van der Waals surface area (Å²) >= 11 is 0. The predicted octanol–water partition coefficient (Wildman–Crippen LogP) is 3.36. The van der Waals surface area contributed by atoms with Crippen molar-refractivity contribution < 1.29 is 13.2 Å². The van der Waals surface area contributed by atoms with Crippen molar-refractivity contribution in [2.24, 2.45) is 5.73 Å². The Morgan fingerprint density at radius 3 is 2.78 bits per heavy atom. The Hall–Kier alpha value is -1.68. The zero-order valence-corrected chi connectivity index (χ0v) is 10.1. The number of rotatable bonds is 4. The van der Waals surface area contributed by atoms with Gasteiger partial charge in [-0.15, -0.1) is 0 Å². The molecule has 0 fully saturated rings. The summed E-state index contributed by atoms with van der Waals surface area (Å²) in [6.07, 6.45) is 2.54. The third-order valence-electron chi connectivity index (χ3n) is 2.97. The van der Waals surface area contributed by atoms with Crippen LogP contribution in [0.25, 0.3) is 0 Å². The highest BCUT2D eigenvalue weighted by atomic mass is 19.2. The van der Waals surface area contributed by atoms with Gasteiger partial charge in [-0.2, -0.15) is 0 Å². The van der Waals surface area contributed by atoms with Gasteiger partial charge in [-0.25, -0.2) is 8.78 Å². The summed E-state index contributed by atoms with van der Waals surface area (Å²) in [6, 6.07) is 5.51. The van der Waals surface area contributed by atoms with Crippen molar-refractivity contribution in [2.45, 2.75) is 25.8 Å². The predicted molar refractivity (Wildman–Crippen MR) is 65.1 cm³/mol. The van der Waals surface area contributed by atoms with Gasteiger partial charge in [0.2, 0.25) is 0 Å². The molecular formula is C14H15F2NO. The first-order chi connectivity index (χ1) is 8.63. The normalized spacial score (nSPS) is 12.7. The Labute approximate surface area is 104 Å². The van der Waals surface area contributed by atoms with E-state index in [1.165, 1.54) is 6.07 Å². The Morgan fingerprint density at radius 2 is 2.06 bits per heavy atom. The molecule has 1 unspecified atom stereocenters. The summed E-state index contributed by atoms with van der Waals surface area (Å²) in [5.74, 6) is -0.878. The molecule has 0 saturated carbocycles. The van der Waals surface area contributed by atoms with Gasteiger partial charge < -0.3 is 10.2 Å². The topological polar surface area (TPSA) is 39.2 Å². The second kappa shape index (κ2) is 5.31. The molecule has 4 heteroatoms. The largest absolute Gasteiger partial charge is 0.469 e. The number of benzene rings is 1. The van der Waals surface area contributed by atoms with Crippen LogP contribution in [0.2, 0.25) is 0 Å². The molecule has 0 aliphatic heterocycles. The third-order valence-corrected chi connectivity index (χ3v) is 2.97. The van der Waals surface area contributed by atoms with Crippen molar-refractivity contribution in [3.8, 4) is 0 Å². The molecule has 1 atom stereocenters. The van der Waals surface area contributed by atoms with Crippen LogP contribution in [0.1, 0.15) is 29.9 Å². The smallest absolute Gasteiger partial charge is 0.162 e. The molecule has 2 N–H and O–H groups in total. The summed E-state index contributed by atoms with van der Waals surface area (Å²) in [7, 11) is 0. The molecule has 0 bridgehead atoms. The first-order valence-electron chi connectivity index (χ1n) is 5.88. The lowest BCUT2D eigenvalue weighted by atomic mass is 9.99. The number of hydrogen-bond donors (Lipinski definition) is 1. The zero-order valence-electron chi connectivity index (χ0n) is 10.1. The van der Waals surface area contributed by atoms with E-state index in [2.05, 4.69) is 0 Å². The summed E-state index contributed by atoms with van der Waals surface area (Å²) in [4.78, 5) is 0. The Balaban J connectivity index is 2.21. The monoisotopic (exact) mass is 251 g/mol. The molecular weight excluding hydrogens is 236 g/mol. The number of aryl methyl sites for hydroxylation is 1. The van der Waals surface area contributed by atoms with Crippen LogP contribution in [-0.4, -0.2) is 0 Å². The third kappa shape index (κ3) is 2.43. The maximum Gasteiger partial charge on any atom is 0.162 e. The van der Waals surface area contributed by atoms with Gasteiger partial charge in [0, 0.05) is 18.0 Å². The van der Waals surface area contributed by atoms with E-state index in [0.717, 1.165) is 23.8 Å². The summed E-state index contributed by atoms with van der Waals surface area (Å²) < 4.78 is 31.9. The van der Waals surface area contributed by atoms with Gasteiger partial charge in [-0.1, -0.05) is 19.1 Å². The highest BCUT2D eigenvalue weighted by Gasteiger charge is 2.16. The minimum Gasteiger partial charge on any atom is -0.469 e. The van der Waals surface area contributed by atoms with Crippen LogP contribution in [0.4, 0.5) is 8.78 Å². The van der Waals surface area contributed by atoms with Crippen LogP contribution < -0.4 is 5.73 Å². The van der Waals surface area contributed by atoms with E-state index >= 15 is 0 Å². The first-order valence-corrected chi connectivity index (χ1v) is 5.88. The highest BCUT2D eigenvalue weighted by Crippen LogP contribution is 2.23. The van der Waals surface area contributed by atoms with Gasteiger partial charge in [-0.3, -0.25) is 0 Å². The van der Waals surface area contributed by atoms with Crippen molar-refractivity contribution in [1.82, 2.24) is 0 Å². The average Bonchev–Trinajstić information content (AvgIpc) is 2.83. The molecule has 0 saturated heterocycles. The molecule has 18 heavy (non-hydrogen) atoms. The first kappa shape index (κ1) is 12.8. The van der Waals surface area contributed by atoms with Crippen LogP contribution in [0, 0.1) is 11.6 Å². The lowest BCUT2D eigenvalue weighted by Gasteiger charge is -2.12.